The first-order valence-electron chi connectivity index (χ1n) is 7.32. The minimum absolute atomic E-state index is 0.135. The number of carbonyl (C=O) groups is 1. The molecule has 1 aliphatic heterocycles. The van der Waals surface area contributed by atoms with E-state index in [2.05, 4.69) is 0 Å². The van der Waals surface area contributed by atoms with E-state index in [-0.39, 0.29) is 5.75 Å². The van der Waals surface area contributed by atoms with Crippen LogP contribution in [0.25, 0.3) is 6.08 Å². The summed E-state index contributed by atoms with van der Waals surface area (Å²) in [5, 5.41) is 47.5. The summed E-state index contributed by atoms with van der Waals surface area (Å²) < 4.78 is 9.97. The van der Waals surface area contributed by atoms with Crippen LogP contribution in [0.3, 0.4) is 0 Å². The number of hydrogen-bond donors (Lipinski definition) is 5. The highest BCUT2D eigenvalue weighted by molar-refractivity contribution is 5.87. The van der Waals surface area contributed by atoms with Crippen molar-refractivity contribution in [3.05, 3.63) is 35.4 Å². The number of rotatable bonds is 4. The molecule has 0 radical (unpaired) electrons. The van der Waals surface area contributed by atoms with Crippen molar-refractivity contribution in [3.8, 4) is 5.75 Å². The zero-order valence-corrected chi connectivity index (χ0v) is 12.9. The third-order valence-electron chi connectivity index (χ3n) is 3.71. The number of aryl methyl sites for hydroxylation is 1. The lowest BCUT2D eigenvalue weighted by molar-refractivity contribution is -0.291. The minimum atomic E-state index is -1.64. The third kappa shape index (κ3) is 4.11. The SMILES string of the molecule is Cc1cc(/C=C/C(=O)OC2OC(CO)C(O)C(O)C2O)ccc1O. The summed E-state index contributed by atoms with van der Waals surface area (Å²) >= 11 is 0. The Kier molecular flexibility index (Phi) is 5.92. The Hall–Kier alpha value is -1.97. The molecule has 0 aliphatic carbocycles. The Morgan fingerprint density at radius 3 is 2.58 bits per heavy atom. The molecule has 8 heteroatoms. The normalized spacial score (nSPS) is 30.5. The third-order valence-corrected chi connectivity index (χ3v) is 3.71. The van der Waals surface area contributed by atoms with Gasteiger partial charge >= 0.3 is 5.97 Å². The van der Waals surface area contributed by atoms with Crippen LogP contribution in [0.5, 0.6) is 5.75 Å². The van der Waals surface area contributed by atoms with Gasteiger partial charge in [0.15, 0.2) is 0 Å². The van der Waals surface area contributed by atoms with E-state index in [9.17, 15) is 25.2 Å². The van der Waals surface area contributed by atoms with Crippen LogP contribution >= 0.6 is 0 Å². The molecule has 132 valence electrons. The van der Waals surface area contributed by atoms with Crippen LogP contribution in [0.4, 0.5) is 0 Å². The lowest BCUT2D eigenvalue weighted by Gasteiger charge is -2.38. The first kappa shape index (κ1) is 18.4. The summed E-state index contributed by atoms with van der Waals surface area (Å²) in [6.45, 7) is 1.10. The second kappa shape index (κ2) is 7.73. The van der Waals surface area contributed by atoms with E-state index in [0.29, 0.717) is 11.1 Å². The van der Waals surface area contributed by atoms with Crippen molar-refractivity contribution in [2.75, 3.05) is 6.61 Å². The molecule has 8 nitrogen and oxygen atoms in total. The van der Waals surface area contributed by atoms with Gasteiger partial charge in [0.2, 0.25) is 6.29 Å². The highest BCUT2D eigenvalue weighted by Gasteiger charge is 2.45. The number of aliphatic hydroxyl groups excluding tert-OH is 4. The molecule has 1 aromatic rings. The lowest BCUT2D eigenvalue weighted by Crippen LogP contribution is -2.59. The van der Waals surface area contributed by atoms with Crippen molar-refractivity contribution < 1.29 is 39.8 Å². The van der Waals surface area contributed by atoms with E-state index in [0.717, 1.165) is 6.08 Å². The van der Waals surface area contributed by atoms with Crippen molar-refractivity contribution in [2.45, 2.75) is 37.6 Å². The molecule has 0 aromatic heterocycles. The van der Waals surface area contributed by atoms with Crippen LogP contribution in [-0.2, 0) is 14.3 Å². The van der Waals surface area contributed by atoms with Gasteiger partial charge < -0.3 is 35.0 Å². The number of phenols is 1. The molecule has 2 rings (SSSR count). The molecule has 1 heterocycles. The molecule has 1 saturated heterocycles. The summed E-state index contributed by atoms with van der Waals surface area (Å²) in [5.74, 6) is -0.707. The second-order valence-corrected chi connectivity index (χ2v) is 5.51. The van der Waals surface area contributed by atoms with Crippen molar-refractivity contribution in [1.29, 1.82) is 0 Å². The molecule has 24 heavy (non-hydrogen) atoms. The van der Waals surface area contributed by atoms with Gasteiger partial charge in [-0.25, -0.2) is 4.79 Å². The summed E-state index contributed by atoms with van der Waals surface area (Å²) in [4.78, 5) is 11.8. The van der Waals surface area contributed by atoms with Crippen molar-refractivity contribution in [2.24, 2.45) is 0 Å². The van der Waals surface area contributed by atoms with Gasteiger partial charge in [-0.05, 0) is 36.3 Å². The molecule has 0 amide bonds. The number of ether oxygens (including phenoxy) is 2. The average molecular weight is 340 g/mol. The monoisotopic (exact) mass is 340 g/mol. The maximum absolute atomic E-state index is 11.8. The Morgan fingerprint density at radius 1 is 1.25 bits per heavy atom. The first-order valence-corrected chi connectivity index (χ1v) is 7.32. The largest absolute Gasteiger partial charge is 0.508 e. The number of phenolic OH excluding ortho intramolecular Hbond substituents is 1. The number of esters is 1. The van der Waals surface area contributed by atoms with Gasteiger partial charge in [0.05, 0.1) is 6.61 Å². The van der Waals surface area contributed by atoms with Gasteiger partial charge in [0, 0.05) is 6.08 Å². The number of aromatic hydroxyl groups is 1. The summed E-state index contributed by atoms with van der Waals surface area (Å²) in [6, 6.07) is 4.74. The smallest absolute Gasteiger partial charge is 0.333 e. The lowest BCUT2D eigenvalue weighted by atomic mass is 9.99. The highest BCUT2D eigenvalue weighted by atomic mass is 16.7. The van der Waals surface area contributed by atoms with Crippen LogP contribution in [0.15, 0.2) is 24.3 Å². The molecule has 0 spiro atoms. The Labute approximate surface area is 138 Å². The quantitative estimate of drug-likeness (QED) is 0.350. The fraction of sp³-hybridized carbons (Fsp3) is 0.438. The van der Waals surface area contributed by atoms with E-state index >= 15 is 0 Å². The summed E-state index contributed by atoms with van der Waals surface area (Å²) in [7, 11) is 0. The van der Waals surface area contributed by atoms with Gasteiger partial charge in [-0.1, -0.05) is 6.07 Å². The van der Waals surface area contributed by atoms with Gasteiger partial charge in [0.1, 0.15) is 30.2 Å². The zero-order valence-electron chi connectivity index (χ0n) is 12.9. The topological polar surface area (TPSA) is 137 Å². The van der Waals surface area contributed by atoms with Crippen LogP contribution in [0.2, 0.25) is 0 Å². The Bertz CT molecular complexity index is 612. The van der Waals surface area contributed by atoms with Gasteiger partial charge in [0.25, 0.3) is 0 Å². The molecule has 5 unspecified atom stereocenters. The predicted octanol–water partition coefficient (Wildman–Crippen LogP) is -0.943. The molecule has 1 fully saturated rings. The summed E-state index contributed by atoms with van der Waals surface area (Å²) in [6.07, 6.45) is -4.90. The van der Waals surface area contributed by atoms with Gasteiger partial charge in [-0.15, -0.1) is 0 Å². The standard InChI is InChI=1S/C16H20O8/c1-8-6-9(2-4-10(8)18)3-5-12(19)24-16-15(22)14(21)13(20)11(7-17)23-16/h2-6,11,13-18,20-22H,7H2,1H3/b5-3+. The first-order chi connectivity index (χ1) is 11.3. The molecule has 0 bridgehead atoms. The van der Waals surface area contributed by atoms with Gasteiger partial charge in [-0.2, -0.15) is 0 Å². The van der Waals surface area contributed by atoms with E-state index in [1.54, 1.807) is 19.1 Å². The molecule has 5 N–H and O–H groups in total. The minimum Gasteiger partial charge on any atom is -0.508 e. The number of hydrogen-bond acceptors (Lipinski definition) is 8. The highest BCUT2D eigenvalue weighted by Crippen LogP contribution is 2.22. The maximum atomic E-state index is 11.8. The van der Waals surface area contributed by atoms with Crippen molar-refractivity contribution >= 4 is 12.0 Å². The predicted molar refractivity (Wildman–Crippen MR) is 81.7 cm³/mol. The van der Waals surface area contributed by atoms with Crippen LogP contribution < -0.4 is 0 Å². The molecule has 1 aliphatic rings. The van der Waals surface area contributed by atoms with Gasteiger partial charge in [-0.3, -0.25) is 0 Å². The fourth-order valence-corrected chi connectivity index (χ4v) is 2.27. The number of carbonyl (C=O) groups excluding carboxylic acids is 1. The second-order valence-electron chi connectivity index (χ2n) is 5.51. The molecular weight excluding hydrogens is 320 g/mol. The Morgan fingerprint density at radius 2 is 1.96 bits per heavy atom. The molecule has 5 atom stereocenters. The van der Waals surface area contributed by atoms with E-state index < -0.39 is 43.3 Å². The Balaban J connectivity index is 2.00. The number of aliphatic hydroxyl groups is 4. The van der Waals surface area contributed by atoms with Crippen molar-refractivity contribution in [3.63, 3.8) is 0 Å². The van der Waals surface area contributed by atoms with Crippen LogP contribution in [0, 0.1) is 6.92 Å². The molecule has 0 saturated carbocycles. The van der Waals surface area contributed by atoms with E-state index in [1.807, 2.05) is 0 Å². The molecular formula is C16H20O8. The van der Waals surface area contributed by atoms with E-state index in [4.69, 9.17) is 14.6 Å². The van der Waals surface area contributed by atoms with Crippen LogP contribution in [-0.4, -0.2) is 68.8 Å². The van der Waals surface area contributed by atoms with Crippen LogP contribution in [0.1, 0.15) is 11.1 Å². The average Bonchev–Trinajstić information content (AvgIpc) is 2.56. The summed E-state index contributed by atoms with van der Waals surface area (Å²) in [5.41, 5.74) is 1.29. The maximum Gasteiger partial charge on any atom is 0.333 e. The fourth-order valence-electron chi connectivity index (χ4n) is 2.27. The zero-order chi connectivity index (χ0) is 17.9. The number of benzene rings is 1. The molecule has 1 aromatic carbocycles. The van der Waals surface area contributed by atoms with E-state index in [1.165, 1.54) is 12.1 Å². The van der Waals surface area contributed by atoms with Crippen molar-refractivity contribution in [1.82, 2.24) is 0 Å².